The fourth-order valence-electron chi connectivity index (χ4n) is 5.57. The largest absolute Gasteiger partial charge is 0.329 e. The molecule has 8 rings (SSSR count). The van der Waals surface area contributed by atoms with Gasteiger partial charge in [-0.05, 0) is 67.1 Å². The second-order valence-electron chi connectivity index (χ2n) is 12.3. The molecule has 4 aliphatic rings. The summed E-state index contributed by atoms with van der Waals surface area (Å²) in [5, 5.41) is 11.1. The van der Waals surface area contributed by atoms with Crippen molar-refractivity contribution in [1.29, 1.82) is 0 Å². The van der Waals surface area contributed by atoms with Crippen LogP contribution in [0.4, 0.5) is 41.9 Å². The number of benzene rings is 4. The molecule has 16 nitrogen and oxygen atoms in total. The van der Waals surface area contributed by atoms with Crippen LogP contribution in [0, 0.1) is 6.92 Å². The molecule has 0 radical (unpaired) electrons. The van der Waals surface area contributed by atoms with Crippen LogP contribution >= 0.6 is 69.6 Å². The van der Waals surface area contributed by atoms with E-state index in [0.29, 0.717) is 47.9 Å². The zero-order valence-electron chi connectivity index (χ0n) is 30.2. The van der Waals surface area contributed by atoms with Crippen molar-refractivity contribution in [3.8, 4) is 0 Å². The molecule has 0 saturated carbocycles. The number of aryl methyl sites for hydroxylation is 1. The molecular formula is C37H28Cl6N8O8. The summed E-state index contributed by atoms with van der Waals surface area (Å²) in [6, 6.07) is 20.1. The molecule has 4 fully saturated rings. The number of carbonyl (C=O) groups excluding carboxylic acids is 8. The van der Waals surface area contributed by atoms with Gasteiger partial charge in [-0.3, -0.25) is 60.0 Å². The van der Waals surface area contributed by atoms with E-state index in [1.807, 2.05) is 6.92 Å². The molecule has 4 heterocycles. The number of anilines is 4. The first-order valence-electron chi connectivity index (χ1n) is 16.8. The van der Waals surface area contributed by atoms with Gasteiger partial charge in [0.15, 0.2) is 0 Å². The Hall–Kier alpha value is -5.62. The van der Waals surface area contributed by atoms with Crippen molar-refractivity contribution < 1.29 is 38.4 Å². The number of nitrogens with zero attached hydrogens (tertiary/aromatic N) is 4. The molecule has 59 heavy (non-hydrogen) atoms. The van der Waals surface area contributed by atoms with Crippen LogP contribution in [0.1, 0.15) is 5.56 Å². The Morgan fingerprint density at radius 3 is 1.27 bits per heavy atom. The third-order valence-electron chi connectivity index (χ3n) is 8.20. The minimum atomic E-state index is -0.505. The molecule has 0 bridgehead atoms. The summed E-state index contributed by atoms with van der Waals surface area (Å²) >= 11 is 35.2. The number of imide groups is 4. The van der Waals surface area contributed by atoms with Crippen LogP contribution < -0.4 is 40.9 Å². The van der Waals surface area contributed by atoms with E-state index in [2.05, 4.69) is 21.3 Å². The van der Waals surface area contributed by atoms with Crippen molar-refractivity contribution in [1.82, 2.24) is 21.3 Å². The molecule has 22 heteroatoms. The third kappa shape index (κ3) is 10.9. The maximum Gasteiger partial charge on any atom is 0.329 e. The molecule has 12 amide bonds. The van der Waals surface area contributed by atoms with Crippen molar-refractivity contribution in [3.63, 3.8) is 0 Å². The molecule has 0 spiro atoms. The SMILES string of the molecule is Cc1cc(Cl)ccc1N1CC(=O)NC1=O.O=C1CN(c2c(Cl)cccc2Cl)C(=O)N1.O=C1CN(c2cccc(Cl)c2Cl)C(=O)N1.O=C1CN(c2ccccc2Cl)C(=O)N1. The van der Waals surface area contributed by atoms with Crippen LogP contribution in [0.5, 0.6) is 0 Å². The summed E-state index contributed by atoms with van der Waals surface area (Å²) in [6.45, 7) is 1.86. The lowest BCUT2D eigenvalue weighted by atomic mass is 10.2. The number of nitrogens with one attached hydrogen (secondary N) is 4. The Bertz CT molecular complexity index is 2380. The van der Waals surface area contributed by atoms with Crippen molar-refractivity contribution in [2.24, 2.45) is 0 Å². The van der Waals surface area contributed by atoms with E-state index >= 15 is 0 Å². The highest BCUT2D eigenvalue weighted by Crippen LogP contribution is 2.35. The van der Waals surface area contributed by atoms with Gasteiger partial charge in [-0.1, -0.05) is 93.9 Å². The molecule has 0 aliphatic carbocycles. The molecule has 4 aromatic carbocycles. The summed E-state index contributed by atoms with van der Waals surface area (Å²) in [5.74, 6) is -1.31. The topological polar surface area (TPSA) is 198 Å². The van der Waals surface area contributed by atoms with E-state index in [0.717, 1.165) is 5.56 Å². The molecule has 0 aromatic heterocycles. The van der Waals surface area contributed by atoms with Gasteiger partial charge in [0.1, 0.15) is 26.2 Å². The van der Waals surface area contributed by atoms with Crippen LogP contribution in [0.3, 0.4) is 0 Å². The number of carbonyl (C=O) groups is 8. The molecule has 306 valence electrons. The normalized spacial score (nSPS) is 15.8. The quantitative estimate of drug-likeness (QED) is 0.154. The average molecular weight is 925 g/mol. The van der Waals surface area contributed by atoms with Crippen LogP contribution in [-0.2, 0) is 19.2 Å². The van der Waals surface area contributed by atoms with Gasteiger partial charge >= 0.3 is 24.1 Å². The Balaban J connectivity index is 0.000000150. The maximum atomic E-state index is 11.4. The van der Waals surface area contributed by atoms with Crippen LogP contribution in [0.25, 0.3) is 0 Å². The minimum absolute atomic E-state index is 0.0289. The van der Waals surface area contributed by atoms with Gasteiger partial charge in [0, 0.05) is 10.7 Å². The highest BCUT2D eigenvalue weighted by Gasteiger charge is 2.32. The van der Waals surface area contributed by atoms with Crippen LogP contribution in [0.2, 0.25) is 30.1 Å². The van der Waals surface area contributed by atoms with E-state index in [-0.39, 0.29) is 60.9 Å². The van der Waals surface area contributed by atoms with Crippen molar-refractivity contribution in [3.05, 3.63) is 115 Å². The Kier molecular flexibility index (Phi) is 14.6. The highest BCUT2D eigenvalue weighted by atomic mass is 35.5. The molecule has 4 saturated heterocycles. The number of hydrogen-bond acceptors (Lipinski definition) is 8. The molecule has 0 unspecified atom stereocenters. The maximum absolute atomic E-state index is 11.4. The predicted molar refractivity (Wildman–Crippen MR) is 224 cm³/mol. The van der Waals surface area contributed by atoms with Crippen molar-refractivity contribution in [2.75, 3.05) is 45.8 Å². The summed E-state index contributed by atoms with van der Waals surface area (Å²) in [5.41, 5.74) is 2.93. The van der Waals surface area contributed by atoms with E-state index in [9.17, 15) is 38.4 Å². The lowest BCUT2D eigenvalue weighted by molar-refractivity contribution is -0.118. The number of hydrogen-bond donors (Lipinski definition) is 4. The van der Waals surface area contributed by atoms with Crippen molar-refractivity contribution in [2.45, 2.75) is 6.92 Å². The van der Waals surface area contributed by atoms with Gasteiger partial charge in [0.05, 0.1) is 42.2 Å². The number of para-hydroxylation sites is 2. The number of urea groups is 4. The Labute approximate surface area is 365 Å². The molecule has 4 N–H and O–H groups in total. The summed E-state index contributed by atoms with van der Waals surface area (Å²) < 4.78 is 0. The molecule has 4 aliphatic heterocycles. The van der Waals surface area contributed by atoms with Crippen LogP contribution in [0.15, 0.2) is 78.9 Å². The minimum Gasteiger partial charge on any atom is -0.284 e. The summed E-state index contributed by atoms with van der Waals surface area (Å²) in [4.78, 5) is 94.5. The number of rotatable bonds is 4. The van der Waals surface area contributed by atoms with E-state index < -0.39 is 18.1 Å². The van der Waals surface area contributed by atoms with Crippen LogP contribution in [-0.4, -0.2) is 73.9 Å². The van der Waals surface area contributed by atoms with Gasteiger partial charge < -0.3 is 0 Å². The van der Waals surface area contributed by atoms with E-state index in [1.54, 1.807) is 78.9 Å². The second-order valence-corrected chi connectivity index (χ2v) is 14.7. The number of amides is 12. The number of halogens is 6. The molecule has 0 atom stereocenters. The smallest absolute Gasteiger partial charge is 0.284 e. The monoisotopic (exact) mass is 922 g/mol. The Morgan fingerprint density at radius 1 is 0.424 bits per heavy atom. The highest BCUT2D eigenvalue weighted by molar-refractivity contribution is 6.44. The average Bonchev–Trinajstić information content (AvgIpc) is 3.90. The zero-order chi connectivity index (χ0) is 43.1. The zero-order valence-corrected chi connectivity index (χ0v) is 34.7. The molecular weight excluding hydrogens is 897 g/mol. The first kappa shape index (κ1) is 44.5. The lowest BCUT2D eigenvalue weighted by Crippen LogP contribution is -2.28. The first-order chi connectivity index (χ1) is 27.9. The van der Waals surface area contributed by atoms with Gasteiger partial charge in [-0.25, -0.2) is 19.2 Å². The van der Waals surface area contributed by atoms with Gasteiger partial charge in [0.2, 0.25) is 23.6 Å². The fraction of sp³-hybridized carbons (Fsp3) is 0.135. The van der Waals surface area contributed by atoms with Crippen molar-refractivity contribution >= 4 is 140 Å². The van der Waals surface area contributed by atoms with Gasteiger partial charge in [0.25, 0.3) is 0 Å². The molecule has 4 aromatic rings. The van der Waals surface area contributed by atoms with Gasteiger partial charge in [-0.2, -0.15) is 0 Å². The Morgan fingerprint density at radius 2 is 0.814 bits per heavy atom. The predicted octanol–water partition coefficient (Wildman–Crippen LogP) is 7.20. The van der Waals surface area contributed by atoms with E-state index in [1.165, 1.54) is 19.6 Å². The van der Waals surface area contributed by atoms with Gasteiger partial charge in [-0.15, -0.1) is 0 Å². The fourth-order valence-corrected chi connectivity index (χ4v) is 7.03. The second kappa shape index (κ2) is 19.4. The third-order valence-corrected chi connectivity index (χ3v) is 10.2. The first-order valence-corrected chi connectivity index (χ1v) is 19.1. The summed E-state index contributed by atoms with van der Waals surface area (Å²) in [7, 11) is 0. The standard InChI is InChI=1S/C10H9ClN2O2.2C9H6Cl2N2O2.C9H7ClN2O2/c1-6-4-7(11)2-3-8(6)13-5-9(14)12-10(13)15;10-5-2-1-3-6(8(5)11)13-4-7(14)12-9(13)15;10-5-2-1-3-6(11)8(5)13-4-7(14)12-9(13)15;10-6-3-1-2-4-7(6)12-5-8(13)11-9(12)14/h2-4H,5H2,1H3,(H,12,14,15);2*1-3H,4H2,(H,12,14,15);1-4H,5H2,(H,11,13,14). The lowest BCUT2D eigenvalue weighted by Gasteiger charge is -2.16. The van der Waals surface area contributed by atoms with E-state index in [4.69, 9.17) is 69.6 Å². The summed E-state index contributed by atoms with van der Waals surface area (Å²) in [6.07, 6.45) is 0.